The van der Waals surface area contributed by atoms with Gasteiger partial charge in [-0.15, -0.1) is 0 Å². The Bertz CT molecular complexity index is 1170. The zero-order valence-corrected chi connectivity index (χ0v) is 17.5. The van der Waals surface area contributed by atoms with Gasteiger partial charge >= 0.3 is 0 Å². The normalized spacial score (nSPS) is 15.4. The van der Waals surface area contributed by atoms with Crippen molar-refractivity contribution in [2.45, 2.75) is 29.9 Å². The molecule has 2 heterocycles. The fraction of sp³-hybridized carbons (Fsp3) is 0.263. The second kappa shape index (κ2) is 7.42. The van der Waals surface area contributed by atoms with Gasteiger partial charge in [-0.25, -0.2) is 17.7 Å². The number of carbonyl (C=O) groups excluding carboxylic acids is 1. The molecule has 28 heavy (non-hydrogen) atoms. The Kier molecular flexibility index (Phi) is 5.11. The molecule has 0 atom stereocenters. The van der Waals surface area contributed by atoms with E-state index in [0.717, 1.165) is 33.5 Å². The number of halogens is 1. The summed E-state index contributed by atoms with van der Waals surface area (Å²) in [6.07, 6.45) is 0.940. The Hall–Kier alpha value is -2.03. The summed E-state index contributed by atoms with van der Waals surface area (Å²) in [7, 11) is -3.77. The van der Waals surface area contributed by atoms with Gasteiger partial charge in [0.2, 0.25) is 0 Å². The Balaban J connectivity index is 1.55. The van der Waals surface area contributed by atoms with Gasteiger partial charge in [-0.05, 0) is 36.8 Å². The molecule has 2 aromatic carbocycles. The van der Waals surface area contributed by atoms with Crippen molar-refractivity contribution in [1.29, 1.82) is 0 Å². The molecule has 4 rings (SSSR count). The van der Waals surface area contributed by atoms with Crippen LogP contribution in [0.15, 0.2) is 52.5 Å². The Labute approximate surface area is 172 Å². The maximum absolute atomic E-state index is 12.6. The van der Waals surface area contributed by atoms with Crippen LogP contribution in [0.4, 0.5) is 0 Å². The summed E-state index contributed by atoms with van der Waals surface area (Å²) in [6, 6.07) is 11.9. The van der Waals surface area contributed by atoms with E-state index in [4.69, 9.17) is 11.6 Å². The first-order valence-electron chi connectivity index (χ1n) is 8.88. The van der Waals surface area contributed by atoms with Crippen LogP contribution in [0.3, 0.4) is 0 Å². The molecule has 0 bridgehead atoms. The number of hydrogen-bond acceptors (Lipinski definition) is 5. The van der Waals surface area contributed by atoms with E-state index >= 15 is 0 Å². The number of fused-ring (bicyclic) bond motifs is 2. The number of rotatable bonds is 6. The highest BCUT2D eigenvalue weighted by Crippen LogP contribution is 2.31. The van der Waals surface area contributed by atoms with Gasteiger partial charge in [0.05, 0.1) is 16.6 Å². The van der Waals surface area contributed by atoms with Crippen LogP contribution in [0.2, 0.25) is 5.02 Å². The minimum Gasteiger partial charge on any atom is -0.319 e. The van der Waals surface area contributed by atoms with Gasteiger partial charge < -0.3 is 4.57 Å². The molecular formula is C19H18ClN3O3S2. The number of sulfonamides is 1. The number of amides is 1. The van der Waals surface area contributed by atoms with Crippen LogP contribution in [0.25, 0.3) is 11.0 Å². The Morgan fingerprint density at radius 1 is 1.14 bits per heavy atom. The fourth-order valence-electron chi connectivity index (χ4n) is 3.30. The van der Waals surface area contributed by atoms with E-state index in [2.05, 4.69) is 16.5 Å². The van der Waals surface area contributed by atoms with Crippen LogP contribution >= 0.6 is 23.4 Å². The second-order valence-corrected chi connectivity index (χ2v) is 9.74. The molecule has 0 aliphatic carbocycles. The summed E-state index contributed by atoms with van der Waals surface area (Å²) in [5, 5.41) is 1.41. The maximum atomic E-state index is 12.6. The number of benzene rings is 2. The van der Waals surface area contributed by atoms with Gasteiger partial charge in [0.1, 0.15) is 4.90 Å². The van der Waals surface area contributed by atoms with Crippen molar-refractivity contribution >= 4 is 50.3 Å². The molecular weight excluding hydrogens is 418 g/mol. The summed E-state index contributed by atoms with van der Waals surface area (Å²) in [5.41, 5.74) is 2.03. The summed E-state index contributed by atoms with van der Waals surface area (Å²) >= 11 is 7.51. The molecule has 0 fully saturated rings. The minimum absolute atomic E-state index is 0.0814. The van der Waals surface area contributed by atoms with Gasteiger partial charge in [-0.1, -0.05) is 42.4 Å². The second-order valence-electron chi connectivity index (χ2n) is 6.41. The lowest BCUT2D eigenvalue weighted by Crippen LogP contribution is -2.32. The Morgan fingerprint density at radius 3 is 2.68 bits per heavy atom. The van der Waals surface area contributed by atoms with Crippen LogP contribution in [-0.4, -0.2) is 40.5 Å². The summed E-state index contributed by atoms with van der Waals surface area (Å²) in [5.74, 6) is -0.0512. The van der Waals surface area contributed by atoms with Crippen molar-refractivity contribution in [1.82, 2.24) is 13.9 Å². The first-order valence-corrected chi connectivity index (χ1v) is 11.7. The van der Waals surface area contributed by atoms with Crippen molar-refractivity contribution in [2.24, 2.45) is 0 Å². The molecule has 1 aliphatic rings. The van der Waals surface area contributed by atoms with Crippen molar-refractivity contribution in [3.8, 4) is 0 Å². The number of nitrogens with zero attached hydrogens (tertiary/aromatic N) is 3. The quantitative estimate of drug-likeness (QED) is 0.546. The van der Waals surface area contributed by atoms with Crippen molar-refractivity contribution in [2.75, 3.05) is 12.3 Å². The molecule has 1 aliphatic heterocycles. The number of aryl methyl sites for hydroxylation is 1. The van der Waals surface area contributed by atoms with Crippen molar-refractivity contribution in [3.63, 3.8) is 0 Å². The monoisotopic (exact) mass is 435 g/mol. The van der Waals surface area contributed by atoms with E-state index < -0.39 is 15.9 Å². The highest BCUT2D eigenvalue weighted by atomic mass is 35.5. The number of carbonyl (C=O) groups is 1. The third-order valence-corrected chi connectivity index (χ3v) is 7.59. The highest BCUT2D eigenvalue weighted by Gasteiger charge is 2.40. The first kappa shape index (κ1) is 19.3. The zero-order chi connectivity index (χ0) is 19.9. The molecule has 0 unspecified atom stereocenters. The van der Waals surface area contributed by atoms with Crippen LogP contribution in [0, 0.1) is 0 Å². The van der Waals surface area contributed by atoms with Gasteiger partial charge in [-0.3, -0.25) is 4.79 Å². The van der Waals surface area contributed by atoms with Crippen LogP contribution < -0.4 is 0 Å². The summed E-state index contributed by atoms with van der Waals surface area (Å²) in [6.45, 7) is 2.98. The van der Waals surface area contributed by atoms with Crippen LogP contribution in [-0.2, 0) is 16.6 Å². The van der Waals surface area contributed by atoms with Gasteiger partial charge in [0, 0.05) is 23.9 Å². The summed E-state index contributed by atoms with van der Waals surface area (Å²) < 4.78 is 28.3. The number of imidazole rings is 1. The fourth-order valence-corrected chi connectivity index (χ4v) is 6.12. The predicted octanol–water partition coefficient (Wildman–Crippen LogP) is 4.04. The number of hydrogen-bond donors (Lipinski definition) is 0. The van der Waals surface area contributed by atoms with E-state index in [0.29, 0.717) is 10.8 Å². The largest absolute Gasteiger partial charge is 0.319 e. The lowest BCUT2D eigenvalue weighted by Gasteiger charge is -2.14. The molecule has 0 saturated carbocycles. The average molecular weight is 436 g/mol. The SMILES string of the molecule is CCCn1c(SCCN2C(=O)c3ccccc3S2(=O)=O)nc2cc(Cl)ccc21. The number of aromatic nitrogens is 2. The van der Waals surface area contributed by atoms with Crippen LogP contribution in [0.5, 0.6) is 0 Å². The minimum atomic E-state index is -3.77. The third-order valence-electron chi connectivity index (χ3n) is 4.56. The molecule has 6 nitrogen and oxygen atoms in total. The molecule has 0 saturated heterocycles. The zero-order valence-electron chi connectivity index (χ0n) is 15.1. The molecule has 0 radical (unpaired) electrons. The Morgan fingerprint density at radius 2 is 1.93 bits per heavy atom. The molecule has 146 valence electrons. The smallest absolute Gasteiger partial charge is 0.269 e. The topological polar surface area (TPSA) is 72.3 Å². The van der Waals surface area contributed by atoms with E-state index in [9.17, 15) is 13.2 Å². The van der Waals surface area contributed by atoms with Crippen LogP contribution in [0.1, 0.15) is 23.7 Å². The van der Waals surface area contributed by atoms with Gasteiger partial charge in [0.15, 0.2) is 5.16 Å². The summed E-state index contributed by atoms with van der Waals surface area (Å²) in [4.78, 5) is 17.2. The average Bonchev–Trinajstić information content (AvgIpc) is 3.10. The third kappa shape index (κ3) is 3.19. The van der Waals surface area contributed by atoms with E-state index in [1.165, 1.54) is 17.8 Å². The van der Waals surface area contributed by atoms with Gasteiger partial charge in [-0.2, -0.15) is 0 Å². The molecule has 1 aromatic heterocycles. The predicted molar refractivity (Wildman–Crippen MR) is 110 cm³/mol. The van der Waals surface area contributed by atoms with E-state index in [1.807, 2.05) is 18.2 Å². The molecule has 9 heteroatoms. The molecule has 1 amide bonds. The van der Waals surface area contributed by atoms with Crippen molar-refractivity contribution < 1.29 is 13.2 Å². The lowest BCUT2D eigenvalue weighted by atomic mass is 10.2. The first-order chi connectivity index (χ1) is 13.4. The van der Waals surface area contributed by atoms with E-state index in [1.54, 1.807) is 18.2 Å². The van der Waals surface area contributed by atoms with E-state index in [-0.39, 0.29) is 17.0 Å². The maximum Gasteiger partial charge on any atom is 0.269 e. The molecule has 3 aromatic rings. The highest BCUT2D eigenvalue weighted by molar-refractivity contribution is 7.99. The standard InChI is InChI=1S/C19H18ClN3O3S2/c1-2-9-22-16-8-7-13(20)12-15(16)21-19(22)27-11-10-23-18(24)14-5-3-4-6-17(14)28(23,25)26/h3-8,12H,2,9-11H2,1H3. The molecule has 0 N–H and O–H groups in total. The molecule has 0 spiro atoms. The van der Waals surface area contributed by atoms with Gasteiger partial charge in [0.25, 0.3) is 15.9 Å². The number of thioether (sulfide) groups is 1. The van der Waals surface area contributed by atoms with Crippen molar-refractivity contribution in [3.05, 3.63) is 53.1 Å². The lowest BCUT2D eigenvalue weighted by molar-refractivity contribution is 0.0876.